The molecule has 5 N–H and O–H groups in total. The summed E-state index contributed by atoms with van der Waals surface area (Å²) in [5.41, 5.74) is 5.94. The summed E-state index contributed by atoms with van der Waals surface area (Å²) in [7, 11) is 0. The Bertz CT molecular complexity index is 1620. The summed E-state index contributed by atoms with van der Waals surface area (Å²) < 4.78 is 2.14. The number of carbonyl (C=O) groups excluding carboxylic acids is 1. The number of aliphatic hydroxyl groups is 1. The summed E-state index contributed by atoms with van der Waals surface area (Å²) in [4.78, 5) is 21.5. The highest BCUT2D eigenvalue weighted by Crippen LogP contribution is 2.31. The van der Waals surface area contributed by atoms with E-state index in [-0.39, 0.29) is 18.0 Å². The van der Waals surface area contributed by atoms with E-state index in [2.05, 4.69) is 65.1 Å². The van der Waals surface area contributed by atoms with E-state index >= 15 is 0 Å². The molecule has 0 saturated carbocycles. The number of aliphatic imine (C=N–C) groups is 1. The number of hydrogen-bond acceptors (Lipinski definition) is 9. The number of aliphatic hydroxyl groups excluding tert-OH is 1. The molecular formula is C33H39N9O2. The highest BCUT2D eigenvalue weighted by Gasteiger charge is 2.30. The predicted molar refractivity (Wildman–Crippen MR) is 169 cm³/mol. The van der Waals surface area contributed by atoms with Gasteiger partial charge in [0.05, 0.1) is 31.4 Å². The van der Waals surface area contributed by atoms with Gasteiger partial charge in [-0.2, -0.15) is 0 Å². The average molecular weight is 594 g/mol. The number of nitrogens with zero attached hydrogens (tertiary/aromatic N) is 5. The Morgan fingerprint density at radius 1 is 1.09 bits per heavy atom. The van der Waals surface area contributed by atoms with Crippen molar-refractivity contribution in [3.63, 3.8) is 0 Å². The zero-order chi connectivity index (χ0) is 30.3. The molecule has 0 spiro atoms. The van der Waals surface area contributed by atoms with Crippen molar-refractivity contribution in [2.24, 2.45) is 4.99 Å². The molecule has 3 unspecified atom stereocenters. The third-order valence-electron chi connectivity index (χ3n) is 8.37. The van der Waals surface area contributed by atoms with Crippen LogP contribution in [0.2, 0.25) is 0 Å². The van der Waals surface area contributed by atoms with Crippen LogP contribution in [0.4, 0.5) is 5.69 Å². The van der Waals surface area contributed by atoms with Crippen molar-refractivity contribution in [3.8, 4) is 0 Å². The fraction of sp³-hybridized carbons (Fsp3) is 0.364. The van der Waals surface area contributed by atoms with E-state index < -0.39 is 6.10 Å². The van der Waals surface area contributed by atoms with Crippen molar-refractivity contribution < 1.29 is 9.90 Å². The van der Waals surface area contributed by atoms with Gasteiger partial charge < -0.3 is 25.6 Å². The van der Waals surface area contributed by atoms with Crippen LogP contribution in [-0.2, 0) is 32.5 Å². The van der Waals surface area contributed by atoms with Crippen LogP contribution in [0.25, 0.3) is 0 Å². The molecule has 11 nitrogen and oxygen atoms in total. The summed E-state index contributed by atoms with van der Waals surface area (Å²) in [6.45, 7) is 4.79. The number of aromatic nitrogens is 4. The van der Waals surface area contributed by atoms with Gasteiger partial charge in [-0.05, 0) is 52.9 Å². The Kier molecular flexibility index (Phi) is 9.35. The van der Waals surface area contributed by atoms with E-state index in [0.717, 1.165) is 46.9 Å². The Morgan fingerprint density at radius 2 is 2.00 bits per heavy atom. The van der Waals surface area contributed by atoms with E-state index in [0.29, 0.717) is 44.8 Å². The molecule has 44 heavy (non-hydrogen) atoms. The van der Waals surface area contributed by atoms with Crippen molar-refractivity contribution in [2.45, 2.75) is 64.0 Å². The lowest BCUT2D eigenvalue weighted by atomic mass is 10.1. The molecule has 2 aromatic carbocycles. The average Bonchev–Trinajstić information content (AvgIpc) is 3.62. The predicted octanol–water partition coefficient (Wildman–Crippen LogP) is 3.09. The fourth-order valence-corrected chi connectivity index (χ4v) is 6.00. The Morgan fingerprint density at radius 3 is 2.86 bits per heavy atom. The van der Waals surface area contributed by atoms with Crippen LogP contribution in [-0.4, -0.2) is 56.3 Å². The van der Waals surface area contributed by atoms with E-state index in [1.165, 1.54) is 5.56 Å². The molecule has 1 aliphatic carbocycles. The molecule has 11 heteroatoms. The minimum absolute atomic E-state index is 0.0205. The molecule has 3 heterocycles. The van der Waals surface area contributed by atoms with E-state index in [4.69, 9.17) is 0 Å². The molecule has 4 aromatic rings. The van der Waals surface area contributed by atoms with Crippen molar-refractivity contribution in [1.82, 2.24) is 35.7 Å². The first-order valence-electron chi connectivity index (χ1n) is 15.3. The Balaban J connectivity index is 1.12. The number of nitrogens with one attached hydrogen (secondary N) is 4. The maximum atomic E-state index is 13.0. The number of benzene rings is 2. The number of fused-ring (bicyclic) bond motifs is 1. The Hall–Kier alpha value is -4.45. The fourth-order valence-electron chi connectivity index (χ4n) is 6.00. The van der Waals surface area contributed by atoms with Gasteiger partial charge in [0, 0.05) is 62.3 Å². The SMILES string of the molecule is CCc1cnccc1CNC(=O)c1cccc(NCc2nnc(C3CC=NCN3)n2CCNC2c3ccccc3CC2O)c1. The van der Waals surface area contributed by atoms with Crippen molar-refractivity contribution in [3.05, 3.63) is 106 Å². The zero-order valence-electron chi connectivity index (χ0n) is 24.9. The van der Waals surface area contributed by atoms with E-state index in [1.54, 1.807) is 6.20 Å². The number of pyridine rings is 1. The molecule has 0 fully saturated rings. The monoisotopic (exact) mass is 593 g/mol. The minimum atomic E-state index is -0.451. The summed E-state index contributed by atoms with van der Waals surface area (Å²) in [6, 6.07) is 17.5. The van der Waals surface area contributed by atoms with Gasteiger partial charge >= 0.3 is 0 Å². The smallest absolute Gasteiger partial charge is 0.251 e. The molecule has 228 valence electrons. The Labute approximate surface area is 257 Å². The summed E-state index contributed by atoms with van der Waals surface area (Å²) in [6.07, 6.45) is 7.34. The highest BCUT2D eigenvalue weighted by atomic mass is 16.3. The zero-order valence-corrected chi connectivity index (χ0v) is 24.9. The van der Waals surface area contributed by atoms with Crippen molar-refractivity contribution in [1.29, 1.82) is 0 Å². The maximum Gasteiger partial charge on any atom is 0.251 e. The first-order chi connectivity index (χ1) is 21.6. The first kappa shape index (κ1) is 29.6. The lowest BCUT2D eigenvalue weighted by Gasteiger charge is -2.22. The molecule has 1 aliphatic heterocycles. The third-order valence-corrected chi connectivity index (χ3v) is 8.37. The van der Waals surface area contributed by atoms with Gasteiger partial charge in [0.25, 0.3) is 5.91 Å². The van der Waals surface area contributed by atoms with Crippen LogP contribution in [0.1, 0.15) is 69.7 Å². The second-order valence-corrected chi connectivity index (χ2v) is 11.2. The normalized spacial score (nSPS) is 19.1. The summed E-state index contributed by atoms with van der Waals surface area (Å²) in [5.74, 6) is 1.51. The first-order valence-corrected chi connectivity index (χ1v) is 15.3. The van der Waals surface area contributed by atoms with Crippen LogP contribution in [0.5, 0.6) is 0 Å². The van der Waals surface area contributed by atoms with Crippen LogP contribution < -0.4 is 21.3 Å². The lowest BCUT2D eigenvalue weighted by molar-refractivity contribution is 0.0951. The summed E-state index contributed by atoms with van der Waals surface area (Å²) >= 11 is 0. The second kappa shape index (κ2) is 13.9. The lowest BCUT2D eigenvalue weighted by Crippen LogP contribution is -2.33. The molecule has 0 saturated heterocycles. The number of aryl methyl sites for hydroxylation is 1. The van der Waals surface area contributed by atoms with Crippen LogP contribution >= 0.6 is 0 Å². The highest BCUT2D eigenvalue weighted by molar-refractivity contribution is 5.95. The standard InChI is InChI=1S/C33H39N9O2/c1-2-22-18-34-12-10-25(22)19-38-33(44)24-7-5-8-26(16-24)37-20-30-40-41-32(28-11-13-35-21-39-28)42(30)15-14-36-31-27-9-4-3-6-23(27)17-29(31)43/h3-10,12-13,16,18,28-29,31,36-37,39,43H,2,11,14-15,17,19-21H2,1H3,(H,38,44). The van der Waals surface area contributed by atoms with Crippen molar-refractivity contribution in [2.75, 3.05) is 18.5 Å². The summed E-state index contributed by atoms with van der Waals surface area (Å²) in [5, 5.41) is 33.3. The van der Waals surface area contributed by atoms with Crippen LogP contribution in [0.3, 0.4) is 0 Å². The molecule has 1 amide bonds. The topological polar surface area (TPSA) is 141 Å². The van der Waals surface area contributed by atoms with Crippen LogP contribution in [0, 0.1) is 0 Å². The second-order valence-electron chi connectivity index (χ2n) is 11.2. The van der Waals surface area contributed by atoms with Gasteiger partial charge in [-0.1, -0.05) is 37.3 Å². The third kappa shape index (κ3) is 6.70. The maximum absolute atomic E-state index is 13.0. The molecule has 2 aromatic heterocycles. The van der Waals surface area contributed by atoms with E-state index in [1.807, 2.05) is 54.9 Å². The molecule has 6 rings (SSSR count). The minimum Gasteiger partial charge on any atom is -0.391 e. The molecule has 3 atom stereocenters. The molecule has 0 bridgehead atoms. The molecular weight excluding hydrogens is 554 g/mol. The van der Waals surface area contributed by atoms with Gasteiger partial charge in [-0.15, -0.1) is 10.2 Å². The van der Waals surface area contributed by atoms with Gasteiger partial charge in [0.1, 0.15) is 0 Å². The van der Waals surface area contributed by atoms with Gasteiger partial charge in [-0.3, -0.25) is 20.1 Å². The van der Waals surface area contributed by atoms with Gasteiger partial charge in [0.2, 0.25) is 0 Å². The number of carbonyl (C=O) groups is 1. The quantitative estimate of drug-likeness (QED) is 0.169. The van der Waals surface area contributed by atoms with Crippen LogP contribution in [0.15, 0.2) is 72.0 Å². The number of anilines is 1. The van der Waals surface area contributed by atoms with Crippen molar-refractivity contribution >= 4 is 17.8 Å². The number of hydrogen-bond donors (Lipinski definition) is 5. The number of rotatable bonds is 12. The van der Waals surface area contributed by atoms with Gasteiger partial charge in [0.15, 0.2) is 11.6 Å². The number of amides is 1. The van der Waals surface area contributed by atoms with E-state index in [9.17, 15) is 9.90 Å². The largest absolute Gasteiger partial charge is 0.391 e. The van der Waals surface area contributed by atoms with Gasteiger partial charge in [-0.25, -0.2) is 0 Å². The molecule has 2 aliphatic rings. The molecule has 0 radical (unpaired) electrons.